The predicted molar refractivity (Wildman–Crippen MR) is 49.8 cm³/mol. The molecule has 1 aromatic carbocycles. The van der Waals surface area contributed by atoms with Gasteiger partial charge in [-0.1, -0.05) is 30.3 Å². The van der Waals surface area contributed by atoms with Gasteiger partial charge < -0.3 is 4.57 Å². The molecule has 0 saturated heterocycles. The van der Waals surface area contributed by atoms with Gasteiger partial charge >= 0.3 is 0 Å². The van der Waals surface area contributed by atoms with Crippen LogP contribution < -0.4 is 5.30 Å². The lowest BCUT2D eigenvalue weighted by Crippen LogP contribution is -2.03. The first-order valence-electron chi connectivity index (χ1n) is 3.58. The van der Waals surface area contributed by atoms with E-state index in [4.69, 9.17) is 0 Å². The third-order valence-corrected chi connectivity index (χ3v) is 3.97. The van der Waals surface area contributed by atoms with Gasteiger partial charge in [0.2, 0.25) is 0 Å². The molecule has 1 radical (unpaired) electrons. The lowest BCUT2D eigenvalue weighted by Gasteiger charge is -2.08. The molecule has 1 aromatic rings. The van der Waals surface area contributed by atoms with Gasteiger partial charge in [-0.05, 0) is 13.6 Å². The van der Waals surface area contributed by atoms with Crippen molar-refractivity contribution in [1.82, 2.24) is 0 Å². The number of benzene rings is 1. The van der Waals surface area contributed by atoms with Gasteiger partial charge in [-0.15, -0.1) is 0 Å². The molecule has 1 rings (SSSR count). The first-order chi connectivity index (χ1) is 5.17. The highest BCUT2D eigenvalue weighted by atomic mass is 31.2. The maximum absolute atomic E-state index is 11.7. The summed E-state index contributed by atoms with van der Waals surface area (Å²) in [6.07, 6.45) is 0.497. The van der Waals surface area contributed by atoms with Crippen LogP contribution >= 0.6 is 7.14 Å². The Labute approximate surface area is 67.8 Å². The fourth-order valence-electron chi connectivity index (χ4n) is 0.872. The first kappa shape index (κ1) is 8.55. The van der Waals surface area contributed by atoms with Gasteiger partial charge in [-0.3, -0.25) is 0 Å². The normalized spacial score (nSPS) is 15.8. The van der Waals surface area contributed by atoms with Gasteiger partial charge in [0.05, 0.1) is 0 Å². The molecule has 0 bridgehead atoms. The van der Waals surface area contributed by atoms with E-state index in [1.807, 2.05) is 30.3 Å². The van der Waals surface area contributed by atoms with Crippen molar-refractivity contribution in [3.8, 4) is 0 Å². The average Bonchev–Trinajstić information content (AvgIpc) is 2.06. The van der Waals surface area contributed by atoms with Gasteiger partial charge in [0.1, 0.15) is 7.14 Å². The predicted octanol–water partition coefficient (Wildman–Crippen LogP) is 2.14. The Morgan fingerprint density at radius 1 is 1.36 bits per heavy atom. The van der Waals surface area contributed by atoms with E-state index in [2.05, 4.69) is 6.92 Å². The molecule has 0 spiro atoms. The van der Waals surface area contributed by atoms with Crippen LogP contribution in [0.15, 0.2) is 30.3 Å². The molecule has 0 N–H and O–H groups in total. The van der Waals surface area contributed by atoms with Crippen LogP contribution in [0.5, 0.6) is 0 Å². The standard InChI is InChI=1S/C9H12OP/c1-3-11(2,10)9-7-5-4-6-8-9/h4-8H,1,3H2,2H3. The van der Waals surface area contributed by atoms with Crippen LogP contribution in [0.1, 0.15) is 0 Å². The zero-order valence-electron chi connectivity index (χ0n) is 6.66. The first-order valence-corrected chi connectivity index (χ1v) is 5.92. The van der Waals surface area contributed by atoms with Crippen molar-refractivity contribution in [2.45, 2.75) is 0 Å². The Morgan fingerprint density at radius 3 is 2.36 bits per heavy atom. The van der Waals surface area contributed by atoms with Crippen molar-refractivity contribution < 1.29 is 4.57 Å². The number of rotatable bonds is 2. The second-order valence-corrected chi connectivity index (χ2v) is 5.83. The fourth-order valence-corrected chi connectivity index (χ4v) is 1.93. The Hall–Kier alpha value is -0.550. The molecule has 2 heteroatoms. The van der Waals surface area contributed by atoms with E-state index >= 15 is 0 Å². The van der Waals surface area contributed by atoms with E-state index in [1.54, 1.807) is 6.66 Å². The Kier molecular flexibility index (Phi) is 2.51. The molecule has 1 unspecified atom stereocenters. The molecule has 11 heavy (non-hydrogen) atoms. The van der Waals surface area contributed by atoms with E-state index in [1.165, 1.54) is 0 Å². The molecule has 0 fully saturated rings. The minimum absolute atomic E-state index is 0.497. The third-order valence-electron chi connectivity index (χ3n) is 1.73. The van der Waals surface area contributed by atoms with E-state index in [-0.39, 0.29) is 0 Å². The highest BCUT2D eigenvalue weighted by Crippen LogP contribution is 2.38. The van der Waals surface area contributed by atoms with Crippen molar-refractivity contribution in [3.63, 3.8) is 0 Å². The summed E-state index contributed by atoms with van der Waals surface area (Å²) >= 11 is 0. The molecule has 1 atom stereocenters. The maximum atomic E-state index is 11.7. The molecule has 0 amide bonds. The monoisotopic (exact) mass is 167 g/mol. The highest BCUT2D eigenvalue weighted by molar-refractivity contribution is 7.70. The van der Waals surface area contributed by atoms with Crippen molar-refractivity contribution in [2.75, 3.05) is 12.8 Å². The Morgan fingerprint density at radius 2 is 1.91 bits per heavy atom. The second kappa shape index (κ2) is 3.23. The van der Waals surface area contributed by atoms with Gasteiger partial charge in [0, 0.05) is 11.5 Å². The Bertz CT molecular complexity index is 266. The molecule has 59 valence electrons. The summed E-state index contributed by atoms with van der Waals surface area (Å²) in [5.74, 6) is 0. The summed E-state index contributed by atoms with van der Waals surface area (Å²) in [7, 11) is -2.14. The van der Waals surface area contributed by atoms with Crippen molar-refractivity contribution in [1.29, 1.82) is 0 Å². The van der Waals surface area contributed by atoms with Gasteiger partial charge in [-0.25, -0.2) is 0 Å². The summed E-state index contributed by atoms with van der Waals surface area (Å²) in [4.78, 5) is 0. The van der Waals surface area contributed by atoms with Crippen LogP contribution in [-0.2, 0) is 4.57 Å². The van der Waals surface area contributed by atoms with E-state index < -0.39 is 7.14 Å². The quantitative estimate of drug-likeness (QED) is 0.617. The minimum atomic E-state index is -2.14. The molecule has 0 aliphatic heterocycles. The molecule has 1 nitrogen and oxygen atoms in total. The summed E-state index contributed by atoms with van der Waals surface area (Å²) in [6, 6.07) is 9.52. The lowest BCUT2D eigenvalue weighted by molar-refractivity contribution is 0.586. The topological polar surface area (TPSA) is 17.1 Å². The van der Waals surface area contributed by atoms with Crippen LogP contribution in [-0.4, -0.2) is 12.8 Å². The van der Waals surface area contributed by atoms with Gasteiger partial charge in [0.25, 0.3) is 0 Å². The SMILES string of the molecule is [CH2]CP(C)(=O)c1ccccc1. The van der Waals surface area contributed by atoms with E-state index in [9.17, 15) is 4.57 Å². The van der Waals surface area contributed by atoms with Gasteiger partial charge in [0.15, 0.2) is 0 Å². The molecule has 0 heterocycles. The molecule has 0 saturated carbocycles. The van der Waals surface area contributed by atoms with Crippen LogP contribution in [0.3, 0.4) is 0 Å². The minimum Gasteiger partial charge on any atom is -0.319 e. The number of hydrogen-bond acceptors (Lipinski definition) is 1. The van der Waals surface area contributed by atoms with E-state index in [0.29, 0.717) is 6.16 Å². The van der Waals surface area contributed by atoms with Crippen LogP contribution in [0.4, 0.5) is 0 Å². The summed E-state index contributed by atoms with van der Waals surface area (Å²) in [5.41, 5.74) is 0. The summed E-state index contributed by atoms with van der Waals surface area (Å²) in [5, 5.41) is 0.926. The number of hydrogen-bond donors (Lipinski definition) is 0. The zero-order chi connectivity index (χ0) is 8.32. The molecule has 0 aromatic heterocycles. The molecular weight excluding hydrogens is 155 g/mol. The fraction of sp³-hybridized carbons (Fsp3) is 0.222. The van der Waals surface area contributed by atoms with Gasteiger partial charge in [-0.2, -0.15) is 0 Å². The van der Waals surface area contributed by atoms with Crippen LogP contribution in [0, 0.1) is 6.92 Å². The molecular formula is C9H12OP. The zero-order valence-corrected chi connectivity index (χ0v) is 7.55. The summed E-state index contributed by atoms with van der Waals surface area (Å²) < 4.78 is 11.7. The largest absolute Gasteiger partial charge is 0.319 e. The highest BCUT2D eigenvalue weighted by Gasteiger charge is 2.13. The Balaban J connectivity index is 3.03. The maximum Gasteiger partial charge on any atom is 0.112 e. The van der Waals surface area contributed by atoms with Crippen molar-refractivity contribution in [3.05, 3.63) is 37.3 Å². The third kappa shape index (κ3) is 1.94. The van der Waals surface area contributed by atoms with E-state index in [0.717, 1.165) is 5.30 Å². The van der Waals surface area contributed by atoms with Crippen LogP contribution in [0.2, 0.25) is 0 Å². The lowest BCUT2D eigenvalue weighted by atomic mass is 10.4. The molecule has 0 aliphatic carbocycles. The molecule has 0 aliphatic rings. The van der Waals surface area contributed by atoms with Crippen molar-refractivity contribution in [2.24, 2.45) is 0 Å². The smallest absolute Gasteiger partial charge is 0.112 e. The summed E-state index contributed by atoms with van der Waals surface area (Å²) in [6.45, 7) is 5.44. The average molecular weight is 167 g/mol. The second-order valence-electron chi connectivity index (χ2n) is 2.66. The van der Waals surface area contributed by atoms with Crippen molar-refractivity contribution >= 4 is 12.4 Å². The van der Waals surface area contributed by atoms with Crippen LogP contribution in [0.25, 0.3) is 0 Å².